The van der Waals surface area contributed by atoms with Crippen molar-refractivity contribution in [3.8, 4) is 5.82 Å². The molecule has 88 valence electrons. The van der Waals surface area contributed by atoms with Gasteiger partial charge in [0.2, 0.25) is 0 Å². The Morgan fingerprint density at radius 3 is 2.94 bits per heavy atom. The Hall–Kier alpha value is -2.28. The standard InChI is InChI=1S/C10H11N5O2/c16-4-3-12-10(17)8-1-2-9(13-5-8)15-7-11-6-14-15/h1-2,5-7,16H,3-4H2,(H,12,17). The van der Waals surface area contributed by atoms with Gasteiger partial charge in [-0.15, -0.1) is 0 Å². The summed E-state index contributed by atoms with van der Waals surface area (Å²) in [6.45, 7) is 0.139. The lowest BCUT2D eigenvalue weighted by atomic mass is 10.2. The van der Waals surface area contributed by atoms with E-state index in [0.29, 0.717) is 11.4 Å². The van der Waals surface area contributed by atoms with E-state index in [1.807, 2.05) is 0 Å². The fourth-order valence-corrected chi connectivity index (χ4v) is 1.25. The zero-order chi connectivity index (χ0) is 12.1. The molecule has 1 amide bonds. The Balaban J connectivity index is 2.10. The first kappa shape index (κ1) is 11.2. The molecule has 2 aromatic heterocycles. The van der Waals surface area contributed by atoms with E-state index in [2.05, 4.69) is 20.4 Å². The van der Waals surface area contributed by atoms with E-state index < -0.39 is 0 Å². The molecule has 2 heterocycles. The van der Waals surface area contributed by atoms with Crippen LogP contribution < -0.4 is 5.32 Å². The third kappa shape index (κ3) is 2.64. The lowest BCUT2D eigenvalue weighted by molar-refractivity contribution is 0.0944. The Morgan fingerprint density at radius 2 is 2.35 bits per heavy atom. The van der Waals surface area contributed by atoms with Gasteiger partial charge in [-0.3, -0.25) is 4.79 Å². The molecule has 0 radical (unpaired) electrons. The predicted octanol–water partition coefficient (Wildman–Crippen LogP) is -0.616. The van der Waals surface area contributed by atoms with E-state index in [-0.39, 0.29) is 19.1 Å². The summed E-state index contributed by atoms with van der Waals surface area (Å²) in [4.78, 5) is 19.4. The molecule has 0 aromatic carbocycles. The molecule has 17 heavy (non-hydrogen) atoms. The van der Waals surface area contributed by atoms with Gasteiger partial charge in [-0.1, -0.05) is 0 Å². The van der Waals surface area contributed by atoms with Gasteiger partial charge < -0.3 is 10.4 Å². The summed E-state index contributed by atoms with van der Waals surface area (Å²) in [6.07, 6.45) is 4.38. The molecule has 0 unspecified atom stereocenters. The van der Waals surface area contributed by atoms with Crippen molar-refractivity contribution in [3.05, 3.63) is 36.5 Å². The van der Waals surface area contributed by atoms with Gasteiger partial charge in [-0.05, 0) is 12.1 Å². The Labute approximate surface area is 97.1 Å². The van der Waals surface area contributed by atoms with Crippen molar-refractivity contribution in [2.75, 3.05) is 13.2 Å². The van der Waals surface area contributed by atoms with E-state index in [9.17, 15) is 4.79 Å². The van der Waals surface area contributed by atoms with Crippen LogP contribution in [0.2, 0.25) is 0 Å². The first-order chi connectivity index (χ1) is 8.31. The number of pyridine rings is 1. The minimum Gasteiger partial charge on any atom is -0.395 e. The zero-order valence-corrected chi connectivity index (χ0v) is 8.95. The van der Waals surface area contributed by atoms with Gasteiger partial charge in [0.15, 0.2) is 5.82 Å². The average molecular weight is 233 g/mol. The molecule has 2 N–H and O–H groups in total. The summed E-state index contributed by atoms with van der Waals surface area (Å²) in [5.74, 6) is 0.317. The highest BCUT2D eigenvalue weighted by molar-refractivity contribution is 5.93. The topological polar surface area (TPSA) is 92.9 Å². The summed E-state index contributed by atoms with van der Waals surface area (Å²) in [6, 6.07) is 3.30. The molecule has 0 aliphatic rings. The normalized spacial score (nSPS) is 10.2. The van der Waals surface area contributed by atoms with Gasteiger partial charge in [-0.2, -0.15) is 5.10 Å². The number of aliphatic hydroxyl groups is 1. The maximum atomic E-state index is 11.5. The fourth-order valence-electron chi connectivity index (χ4n) is 1.25. The minimum atomic E-state index is -0.267. The van der Waals surface area contributed by atoms with E-state index in [4.69, 9.17) is 5.11 Å². The quantitative estimate of drug-likeness (QED) is 0.734. The number of carbonyl (C=O) groups excluding carboxylic acids is 1. The monoisotopic (exact) mass is 233 g/mol. The number of hydrogen-bond acceptors (Lipinski definition) is 5. The molecule has 0 aliphatic carbocycles. The van der Waals surface area contributed by atoms with Crippen LogP contribution in [-0.4, -0.2) is 43.9 Å². The van der Waals surface area contributed by atoms with Crippen LogP contribution >= 0.6 is 0 Å². The summed E-state index contributed by atoms with van der Waals surface area (Å²) < 4.78 is 1.50. The van der Waals surface area contributed by atoms with Crippen molar-refractivity contribution in [1.82, 2.24) is 25.1 Å². The molecule has 0 aliphatic heterocycles. The van der Waals surface area contributed by atoms with Crippen molar-refractivity contribution in [3.63, 3.8) is 0 Å². The highest BCUT2D eigenvalue weighted by Gasteiger charge is 2.05. The second-order valence-corrected chi connectivity index (χ2v) is 3.22. The smallest absolute Gasteiger partial charge is 0.252 e. The lowest BCUT2D eigenvalue weighted by Gasteiger charge is -2.03. The van der Waals surface area contributed by atoms with Crippen LogP contribution in [-0.2, 0) is 0 Å². The van der Waals surface area contributed by atoms with Gasteiger partial charge in [0.05, 0.1) is 12.2 Å². The number of amides is 1. The molecular weight excluding hydrogens is 222 g/mol. The highest BCUT2D eigenvalue weighted by atomic mass is 16.3. The van der Waals surface area contributed by atoms with Crippen LogP contribution in [0.15, 0.2) is 31.0 Å². The zero-order valence-electron chi connectivity index (χ0n) is 8.95. The molecule has 0 saturated carbocycles. The van der Waals surface area contributed by atoms with E-state index in [1.54, 1.807) is 12.1 Å². The number of carbonyl (C=O) groups is 1. The van der Waals surface area contributed by atoms with Crippen molar-refractivity contribution in [2.45, 2.75) is 0 Å². The van der Waals surface area contributed by atoms with Crippen LogP contribution in [0.1, 0.15) is 10.4 Å². The molecule has 2 rings (SSSR count). The summed E-state index contributed by atoms with van der Waals surface area (Å²) >= 11 is 0. The van der Waals surface area contributed by atoms with Crippen molar-refractivity contribution < 1.29 is 9.90 Å². The maximum absolute atomic E-state index is 11.5. The maximum Gasteiger partial charge on any atom is 0.252 e. The van der Waals surface area contributed by atoms with Crippen LogP contribution in [0, 0.1) is 0 Å². The third-order valence-corrected chi connectivity index (χ3v) is 2.06. The SMILES string of the molecule is O=C(NCCO)c1ccc(-n2cncn2)nc1. The largest absolute Gasteiger partial charge is 0.395 e. The summed E-state index contributed by atoms with van der Waals surface area (Å²) in [7, 11) is 0. The minimum absolute atomic E-state index is 0.0871. The number of nitrogens with zero attached hydrogens (tertiary/aromatic N) is 4. The van der Waals surface area contributed by atoms with Gasteiger partial charge in [0.25, 0.3) is 5.91 Å². The second kappa shape index (κ2) is 5.17. The molecule has 7 heteroatoms. The lowest BCUT2D eigenvalue weighted by Crippen LogP contribution is -2.26. The van der Waals surface area contributed by atoms with E-state index in [0.717, 1.165) is 0 Å². The van der Waals surface area contributed by atoms with E-state index in [1.165, 1.54) is 23.5 Å². The molecule has 7 nitrogen and oxygen atoms in total. The Bertz CT molecular complexity index is 480. The van der Waals surface area contributed by atoms with Crippen molar-refractivity contribution >= 4 is 5.91 Å². The number of aromatic nitrogens is 4. The first-order valence-corrected chi connectivity index (χ1v) is 5.01. The Morgan fingerprint density at radius 1 is 1.47 bits per heavy atom. The van der Waals surface area contributed by atoms with Crippen LogP contribution in [0.5, 0.6) is 0 Å². The number of rotatable bonds is 4. The summed E-state index contributed by atoms with van der Waals surface area (Å²) in [5, 5.41) is 15.0. The van der Waals surface area contributed by atoms with Gasteiger partial charge in [0, 0.05) is 12.7 Å². The predicted molar refractivity (Wildman–Crippen MR) is 58.6 cm³/mol. The fraction of sp³-hybridized carbons (Fsp3) is 0.200. The highest BCUT2D eigenvalue weighted by Crippen LogP contribution is 2.03. The number of aliphatic hydroxyl groups excluding tert-OH is 1. The number of hydrogen-bond donors (Lipinski definition) is 2. The van der Waals surface area contributed by atoms with Gasteiger partial charge in [-0.25, -0.2) is 14.6 Å². The third-order valence-electron chi connectivity index (χ3n) is 2.06. The van der Waals surface area contributed by atoms with Crippen LogP contribution in [0.3, 0.4) is 0 Å². The van der Waals surface area contributed by atoms with Crippen LogP contribution in [0.25, 0.3) is 5.82 Å². The van der Waals surface area contributed by atoms with Crippen molar-refractivity contribution in [2.24, 2.45) is 0 Å². The molecule has 0 atom stereocenters. The molecule has 0 fully saturated rings. The molecule has 0 saturated heterocycles. The van der Waals surface area contributed by atoms with Gasteiger partial charge >= 0.3 is 0 Å². The van der Waals surface area contributed by atoms with Crippen LogP contribution in [0.4, 0.5) is 0 Å². The first-order valence-electron chi connectivity index (χ1n) is 5.01. The molecule has 0 spiro atoms. The van der Waals surface area contributed by atoms with Gasteiger partial charge in [0.1, 0.15) is 12.7 Å². The molecule has 0 bridgehead atoms. The molecular formula is C10H11N5O2. The number of nitrogens with one attached hydrogen (secondary N) is 1. The second-order valence-electron chi connectivity index (χ2n) is 3.22. The average Bonchev–Trinajstić information content (AvgIpc) is 2.90. The molecule has 2 aromatic rings. The van der Waals surface area contributed by atoms with E-state index >= 15 is 0 Å². The Kier molecular flexibility index (Phi) is 3.41. The summed E-state index contributed by atoms with van der Waals surface area (Å²) in [5.41, 5.74) is 0.433. The van der Waals surface area contributed by atoms with Crippen molar-refractivity contribution in [1.29, 1.82) is 0 Å².